The van der Waals surface area contributed by atoms with E-state index in [0.717, 1.165) is 0 Å². The number of amides is 2. The van der Waals surface area contributed by atoms with Crippen LogP contribution >= 0.6 is 23.2 Å². The Morgan fingerprint density at radius 3 is 2.31 bits per heavy atom. The fourth-order valence-electron chi connectivity index (χ4n) is 2.06. The van der Waals surface area contributed by atoms with Crippen molar-refractivity contribution < 1.29 is 19.1 Å². The Kier molecular flexibility index (Phi) is 7.00. The molecule has 8 heteroatoms. The van der Waals surface area contributed by atoms with Gasteiger partial charge in [0.05, 0.1) is 16.5 Å². The molecule has 0 heterocycles. The maximum Gasteiger partial charge on any atom is 0.310 e. The Labute approximate surface area is 160 Å². The van der Waals surface area contributed by atoms with E-state index < -0.39 is 18.5 Å². The highest BCUT2D eigenvalue weighted by Gasteiger charge is 2.10. The van der Waals surface area contributed by atoms with Gasteiger partial charge in [-0.1, -0.05) is 29.3 Å². The number of hydrogen-bond donors (Lipinski definition) is 2. The van der Waals surface area contributed by atoms with Crippen molar-refractivity contribution in [2.24, 2.45) is 0 Å². The van der Waals surface area contributed by atoms with E-state index in [2.05, 4.69) is 10.6 Å². The van der Waals surface area contributed by atoms with Gasteiger partial charge in [-0.3, -0.25) is 14.4 Å². The molecule has 2 aromatic rings. The molecule has 0 aliphatic carbocycles. The van der Waals surface area contributed by atoms with Crippen LogP contribution in [0.4, 0.5) is 5.69 Å². The summed E-state index contributed by atoms with van der Waals surface area (Å²) in [5, 5.41) is 5.81. The van der Waals surface area contributed by atoms with Gasteiger partial charge >= 0.3 is 5.97 Å². The monoisotopic (exact) mass is 394 g/mol. The minimum absolute atomic E-state index is 0.0228. The van der Waals surface area contributed by atoms with Crippen molar-refractivity contribution in [3.63, 3.8) is 0 Å². The van der Waals surface area contributed by atoms with Gasteiger partial charge in [0.25, 0.3) is 11.8 Å². The first-order valence-electron chi connectivity index (χ1n) is 7.60. The van der Waals surface area contributed by atoms with Crippen LogP contribution in [-0.4, -0.2) is 31.4 Å². The summed E-state index contributed by atoms with van der Waals surface area (Å²) in [7, 11) is 1.53. The summed E-state index contributed by atoms with van der Waals surface area (Å²) in [6.07, 6.45) is -0.0228. The zero-order valence-electron chi connectivity index (χ0n) is 13.8. The fourth-order valence-corrected chi connectivity index (χ4v) is 2.38. The van der Waals surface area contributed by atoms with Gasteiger partial charge in [0, 0.05) is 18.3 Å². The van der Waals surface area contributed by atoms with E-state index in [0.29, 0.717) is 26.9 Å². The molecule has 0 radical (unpaired) electrons. The number of hydrogen-bond acceptors (Lipinski definition) is 4. The Morgan fingerprint density at radius 2 is 1.69 bits per heavy atom. The molecule has 26 heavy (non-hydrogen) atoms. The average Bonchev–Trinajstić information content (AvgIpc) is 2.63. The molecule has 0 aliphatic heterocycles. The lowest BCUT2D eigenvalue weighted by molar-refractivity contribution is -0.146. The molecule has 0 unspecified atom stereocenters. The van der Waals surface area contributed by atoms with Gasteiger partial charge in [0.2, 0.25) is 0 Å². The van der Waals surface area contributed by atoms with Crippen molar-refractivity contribution in [3.05, 3.63) is 63.6 Å². The molecule has 2 N–H and O–H groups in total. The van der Waals surface area contributed by atoms with Crippen LogP contribution in [0.3, 0.4) is 0 Å². The molecule has 0 aromatic heterocycles. The Morgan fingerprint density at radius 1 is 1.00 bits per heavy atom. The first-order valence-corrected chi connectivity index (χ1v) is 8.36. The first kappa shape index (κ1) is 19.8. The van der Waals surface area contributed by atoms with Crippen LogP contribution in [0.5, 0.6) is 0 Å². The largest absolute Gasteiger partial charge is 0.455 e. The van der Waals surface area contributed by atoms with Crippen LogP contribution in [-0.2, 0) is 20.7 Å². The Hall–Kier alpha value is -2.57. The van der Waals surface area contributed by atoms with Gasteiger partial charge in [-0.2, -0.15) is 0 Å². The van der Waals surface area contributed by atoms with Gasteiger partial charge in [-0.25, -0.2) is 0 Å². The maximum absolute atomic E-state index is 11.8. The van der Waals surface area contributed by atoms with Gasteiger partial charge in [0.15, 0.2) is 6.61 Å². The molecule has 0 fully saturated rings. The van der Waals surface area contributed by atoms with E-state index in [1.165, 1.54) is 7.05 Å². The first-order chi connectivity index (χ1) is 12.4. The predicted octanol–water partition coefficient (Wildman–Crippen LogP) is 3.08. The topological polar surface area (TPSA) is 84.5 Å². The van der Waals surface area contributed by atoms with Gasteiger partial charge in [-0.15, -0.1) is 0 Å². The summed E-state index contributed by atoms with van der Waals surface area (Å²) in [6, 6.07) is 11.1. The molecule has 2 aromatic carbocycles. The Balaban J connectivity index is 1.81. The summed E-state index contributed by atoms with van der Waals surface area (Å²) in [5.41, 5.74) is 1.59. The molecule has 0 atom stereocenters. The highest BCUT2D eigenvalue weighted by atomic mass is 35.5. The van der Waals surface area contributed by atoms with E-state index in [-0.39, 0.29) is 12.3 Å². The number of carbonyl (C=O) groups is 3. The second-order valence-electron chi connectivity index (χ2n) is 5.29. The van der Waals surface area contributed by atoms with E-state index in [1.807, 2.05) is 0 Å². The highest BCUT2D eigenvalue weighted by Crippen LogP contribution is 2.22. The lowest BCUT2D eigenvalue weighted by Gasteiger charge is -2.08. The molecule has 2 amide bonds. The Bertz CT molecular complexity index is 822. The SMILES string of the molecule is CNC(=O)c1ccc(NC(=O)COC(=O)Cc2ccc(Cl)c(Cl)c2)cc1. The minimum atomic E-state index is -0.562. The minimum Gasteiger partial charge on any atom is -0.455 e. The normalized spacial score (nSPS) is 10.1. The zero-order valence-corrected chi connectivity index (χ0v) is 15.4. The van der Waals surface area contributed by atoms with E-state index >= 15 is 0 Å². The lowest BCUT2D eigenvalue weighted by Crippen LogP contribution is -2.22. The van der Waals surface area contributed by atoms with Crippen LogP contribution in [0.15, 0.2) is 42.5 Å². The summed E-state index contributed by atoms with van der Waals surface area (Å²) < 4.78 is 4.94. The third kappa shape index (κ3) is 5.75. The quantitative estimate of drug-likeness (QED) is 0.737. The van der Waals surface area contributed by atoms with Gasteiger partial charge < -0.3 is 15.4 Å². The number of esters is 1. The number of halogens is 2. The van der Waals surface area contributed by atoms with Crippen LogP contribution in [0.2, 0.25) is 10.0 Å². The number of nitrogens with one attached hydrogen (secondary N) is 2. The van der Waals surface area contributed by atoms with Crippen molar-refractivity contribution >= 4 is 46.7 Å². The molecular weight excluding hydrogens is 379 g/mol. The fraction of sp³-hybridized carbons (Fsp3) is 0.167. The van der Waals surface area contributed by atoms with Crippen molar-refractivity contribution in [2.75, 3.05) is 19.0 Å². The average molecular weight is 395 g/mol. The molecule has 0 saturated carbocycles. The number of ether oxygens (including phenoxy) is 1. The third-order valence-corrected chi connectivity index (χ3v) is 4.09. The van der Waals surface area contributed by atoms with E-state index in [1.54, 1.807) is 42.5 Å². The standard InChI is InChI=1S/C18H16Cl2N2O4/c1-21-18(25)12-3-5-13(6-4-12)22-16(23)10-26-17(24)9-11-2-7-14(19)15(20)8-11/h2-8H,9-10H2,1H3,(H,21,25)(H,22,23). The second kappa shape index (κ2) is 9.22. The maximum atomic E-state index is 11.8. The van der Waals surface area contributed by atoms with Crippen LogP contribution in [0.1, 0.15) is 15.9 Å². The number of anilines is 1. The van der Waals surface area contributed by atoms with Crippen molar-refractivity contribution in [1.82, 2.24) is 5.32 Å². The molecule has 0 aliphatic rings. The molecule has 0 spiro atoms. The summed E-state index contributed by atoms with van der Waals surface area (Å²) in [4.78, 5) is 35.1. The predicted molar refractivity (Wildman–Crippen MR) is 99.6 cm³/mol. The van der Waals surface area contributed by atoms with Gasteiger partial charge in [-0.05, 0) is 42.0 Å². The second-order valence-corrected chi connectivity index (χ2v) is 6.10. The molecule has 0 saturated heterocycles. The van der Waals surface area contributed by atoms with Crippen LogP contribution < -0.4 is 10.6 Å². The van der Waals surface area contributed by atoms with E-state index in [4.69, 9.17) is 27.9 Å². The molecule has 2 rings (SSSR count). The van der Waals surface area contributed by atoms with Crippen molar-refractivity contribution in [3.8, 4) is 0 Å². The molecule has 6 nitrogen and oxygen atoms in total. The molecular formula is C18H16Cl2N2O4. The summed E-state index contributed by atoms with van der Waals surface area (Å²) >= 11 is 11.7. The lowest BCUT2D eigenvalue weighted by atomic mass is 10.1. The van der Waals surface area contributed by atoms with Crippen LogP contribution in [0.25, 0.3) is 0 Å². The molecule has 0 bridgehead atoms. The molecule has 136 valence electrons. The van der Waals surface area contributed by atoms with Crippen molar-refractivity contribution in [2.45, 2.75) is 6.42 Å². The summed E-state index contributed by atoms with van der Waals surface area (Å²) in [6.45, 7) is -0.419. The van der Waals surface area contributed by atoms with Gasteiger partial charge in [0.1, 0.15) is 0 Å². The smallest absolute Gasteiger partial charge is 0.310 e. The number of carbonyl (C=O) groups excluding carboxylic acids is 3. The van der Waals surface area contributed by atoms with Crippen molar-refractivity contribution in [1.29, 1.82) is 0 Å². The zero-order chi connectivity index (χ0) is 19.1. The highest BCUT2D eigenvalue weighted by molar-refractivity contribution is 6.42. The van der Waals surface area contributed by atoms with Crippen LogP contribution in [0, 0.1) is 0 Å². The van der Waals surface area contributed by atoms with E-state index in [9.17, 15) is 14.4 Å². The number of rotatable bonds is 6. The third-order valence-electron chi connectivity index (χ3n) is 3.35. The number of benzene rings is 2. The summed E-state index contributed by atoms with van der Waals surface area (Å²) in [5.74, 6) is -1.27.